The molecular weight excluding hydrogens is 352 g/mol. The molecule has 2 amide bonds. The summed E-state index contributed by atoms with van der Waals surface area (Å²) in [4.78, 5) is 32.3. The number of fused-ring (bicyclic) bond motifs is 1. The number of hydrogen-bond acceptors (Lipinski definition) is 3. The van der Waals surface area contributed by atoms with Crippen LogP contribution in [0.3, 0.4) is 0 Å². The predicted octanol–water partition coefficient (Wildman–Crippen LogP) is 3.91. The van der Waals surface area contributed by atoms with E-state index < -0.39 is 0 Å². The number of carbonyl (C=O) groups excluding carboxylic acids is 2. The molecule has 0 bridgehead atoms. The second-order valence-corrected chi connectivity index (χ2v) is 7.27. The Morgan fingerprint density at radius 3 is 2.54 bits per heavy atom. The lowest BCUT2D eigenvalue weighted by molar-refractivity contribution is 0.0758. The molecule has 0 unspecified atom stereocenters. The second-order valence-electron chi connectivity index (χ2n) is 7.27. The number of hydrogen-bond donors (Lipinski definition) is 1. The number of nitrogens with one attached hydrogen (secondary N) is 1. The number of rotatable bonds is 3. The van der Waals surface area contributed by atoms with Crippen molar-refractivity contribution in [3.63, 3.8) is 0 Å². The summed E-state index contributed by atoms with van der Waals surface area (Å²) in [7, 11) is 0. The maximum atomic E-state index is 13.1. The Morgan fingerprint density at radius 2 is 1.79 bits per heavy atom. The maximum Gasteiger partial charge on any atom is 0.292 e. The second kappa shape index (κ2) is 7.84. The van der Waals surface area contributed by atoms with Crippen LogP contribution in [-0.2, 0) is 0 Å². The number of aryl methyl sites for hydroxylation is 1. The zero-order valence-electron chi connectivity index (χ0n) is 16.0. The lowest BCUT2D eigenvalue weighted by Crippen LogP contribution is -2.32. The number of amides is 2. The molecule has 0 atom stereocenters. The van der Waals surface area contributed by atoms with Gasteiger partial charge in [0, 0.05) is 25.0 Å². The average Bonchev–Trinajstić information content (AvgIpc) is 2.87. The van der Waals surface area contributed by atoms with E-state index in [9.17, 15) is 9.59 Å². The van der Waals surface area contributed by atoms with Crippen molar-refractivity contribution in [1.29, 1.82) is 0 Å². The molecule has 1 N–H and O–H groups in total. The molecule has 3 heterocycles. The summed E-state index contributed by atoms with van der Waals surface area (Å²) in [5, 5.41) is 2.89. The minimum absolute atomic E-state index is 0.0970. The Bertz CT molecular complexity index is 1020. The molecule has 6 nitrogen and oxygen atoms in total. The normalized spacial score (nSPS) is 14.7. The van der Waals surface area contributed by atoms with Gasteiger partial charge in [-0.1, -0.05) is 31.0 Å². The Balaban J connectivity index is 1.68. The van der Waals surface area contributed by atoms with Crippen molar-refractivity contribution in [3.05, 3.63) is 65.7 Å². The van der Waals surface area contributed by atoms with E-state index in [1.54, 1.807) is 10.6 Å². The van der Waals surface area contributed by atoms with E-state index in [-0.39, 0.29) is 17.6 Å². The quantitative estimate of drug-likeness (QED) is 0.754. The fourth-order valence-corrected chi connectivity index (χ4v) is 3.69. The summed E-state index contributed by atoms with van der Waals surface area (Å²) in [5.74, 6) is -0.211. The van der Waals surface area contributed by atoms with Crippen LogP contribution in [0.2, 0.25) is 0 Å². The topological polar surface area (TPSA) is 66.7 Å². The fraction of sp³-hybridized carbons (Fsp3) is 0.318. The first kappa shape index (κ1) is 18.2. The highest BCUT2D eigenvalue weighted by molar-refractivity contribution is 6.06. The lowest BCUT2D eigenvalue weighted by atomic mass is 10.2. The van der Waals surface area contributed by atoms with Gasteiger partial charge in [-0.3, -0.25) is 14.0 Å². The molecule has 28 heavy (non-hydrogen) atoms. The van der Waals surface area contributed by atoms with Crippen molar-refractivity contribution in [2.45, 2.75) is 32.6 Å². The molecule has 1 aliphatic rings. The smallest absolute Gasteiger partial charge is 0.292 e. The van der Waals surface area contributed by atoms with E-state index in [4.69, 9.17) is 0 Å². The minimum atomic E-state index is -0.332. The van der Waals surface area contributed by atoms with Crippen molar-refractivity contribution in [3.8, 4) is 0 Å². The molecule has 1 aliphatic heterocycles. The zero-order valence-corrected chi connectivity index (χ0v) is 16.0. The minimum Gasteiger partial charge on any atom is -0.337 e. The van der Waals surface area contributed by atoms with Crippen molar-refractivity contribution in [1.82, 2.24) is 14.3 Å². The Labute approximate surface area is 164 Å². The van der Waals surface area contributed by atoms with Crippen LogP contribution in [0.15, 0.2) is 48.7 Å². The monoisotopic (exact) mass is 376 g/mol. The molecule has 0 aliphatic carbocycles. The zero-order chi connectivity index (χ0) is 19.5. The first-order valence-electron chi connectivity index (χ1n) is 9.78. The van der Waals surface area contributed by atoms with Gasteiger partial charge < -0.3 is 10.2 Å². The number of benzene rings is 1. The summed E-state index contributed by atoms with van der Waals surface area (Å²) >= 11 is 0. The molecule has 1 fully saturated rings. The highest BCUT2D eigenvalue weighted by atomic mass is 16.2. The maximum absolute atomic E-state index is 13.1. The van der Waals surface area contributed by atoms with Crippen LogP contribution in [0.4, 0.5) is 5.69 Å². The fourth-order valence-electron chi connectivity index (χ4n) is 3.69. The summed E-state index contributed by atoms with van der Waals surface area (Å²) in [5.41, 5.74) is 2.77. The van der Waals surface area contributed by atoms with Gasteiger partial charge in [-0.2, -0.15) is 0 Å². The number of nitrogens with zero attached hydrogens (tertiary/aromatic N) is 3. The Morgan fingerprint density at radius 1 is 1.00 bits per heavy atom. The third kappa shape index (κ3) is 3.63. The molecule has 1 aromatic carbocycles. The van der Waals surface area contributed by atoms with Gasteiger partial charge in [0.05, 0.1) is 5.52 Å². The van der Waals surface area contributed by atoms with E-state index in [2.05, 4.69) is 10.3 Å². The largest absolute Gasteiger partial charge is 0.337 e. The summed E-state index contributed by atoms with van der Waals surface area (Å²) in [6.45, 7) is 3.46. The Hall–Kier alpha value is -3.15. The van der Waals surface area contributed by atoms with Crippen LogP contribution in [0.1, 0.15) is 52.4 Å². The van der Waals surface area contributed by atoms with Gasteiger partial charge in [0.1, 0.15) is 0 Å². The molecule has 6 heteroatoms. The van der Waals surface area contributed by atoms with Crippen LogP contribution < -0.4 is 5.32 Å². The predicted molar refractivity (Wildman–Crippen MR) is 109 cm³/mol. The molecular formula is C22H24N4O2. The van der Waals surface area contributed by atoms with Gasteiger partial charge in [0.15, 0.2) is 5.69 Å². The van der Waals surface area contributed by atoms with E-state index in [1.165, 1.54) is 0 Å². The SMILES string of the molecule is Cc1cccc(NC(=O)c2nc(C(=O)N3CCCCCC3)c3ccccn23)c1. The van der Waals surface area contributed by atoms with Crippen LogP contribution >= 0.6 is 0 Å². The van der Waals surface area contributed by atoms with Crippen molar-refractivity contribution < 1.29 is 9.59 Å². The van der Waals surface area contributed by atoms with Gasteiger partial charge in [-0.15, -0.1) is 0 Å². The third-order valence-corrected chi connectivity index (χ3v) is 5.12. The molecule has 1 saturated heterocycles. The summed E-state index contributed by atoms with van der Waals surface area (Å²) in [6, 6.07) is 13.1. The van der Waals surface area contributed by atoms with Crippen molar-refractivity contribution >= 4 is 23.0 Å². The third-order valence-electron chi connectivity index (χ3n) is 5.12. The summed E-state index contributed by atoms with van der Waals surface area (Å²) < 4.78 is 1.69. The standard InChI is InChI=1S/C22H24N4O2/c1-16-9-8-10-17(15-16)23-21(27)20-24-19(18-11-4-7-14-26(18)20)22(28)25-12-5-2-3-6-13-25/h4,7-11,14-15H,2-3,5-6,12-13H2,1H3,(H,23,27). The number of anilines is 1. The molecule has 2 aromatic heterocycles. The molecule has 4 rings (SSSR count). The molecule has 0 radical (unpaired) electrons. The van der Waals surface area contributed by atoms with Crippen LogP contribution in [0.5, 0.6) is 0 Å². The summed E-state index contributed by atoms with van der Waals surface area (Å²) in [6.07, 6.45) is 6.10. The van der Waals surface area contributed by atoms with Crippen molar-refractivity contribution in [2.75, 3.05) is 18.4 Å². The first-order chi connectivity index (χ1) is 13.6. The van der Waals surface area contributed by atoms with Gasteiger partial charge in [-0.05, 0) is 49.6 Å². The number of aromatic nitrogens is 2. The lowest BCUT2D eigenvalue weighted by Gasteiger charge is -2.19. The number of likely N-dealkylation sites (tertiary alicyclic amines) is 1. The first-order valence-corrected chi connectivity index (χ1v) is 9.78. The van der Waals surface area contributed by atoms with Crippen LogP contribution in [0.25, 0.3) is 5.52 Å². The van der Waals surface area contributed by atoms with Gasteiger partial charge in [0.25, 0.3) is 11.8 Å². The number of carbonyl (C=O) groups is 2. The van der Waals surface area contributed by atoms with Gasteiger partial charge in [-0.25, -0.2) is 4.98 Å². The van der Waals surface area contributed by atoms with Crippen LogP contribution in [-0.4, -0.2) is 39.2 Å². The van der Waals surface area contributed by atoms with Gasteiger partial charge >= 0.3 is 0 Å². The highest BCUT2D eigenvalue weighted by Crippen LogP contribution is 2.19. The molecule has 0 saturated carbocycles. The number of imidazole rings is 1. The molecule has 144 valence electrons. The van der Waals surface area contributed by atoms with E-state index in [1.807, 2.05) is 54.3 Å². The molecule has 0 spiro atoms. The Kier molecular flexibility index (Phi) is 5.10. The average molecular weight is 376 g/mol. The van der Waals surface area contributed by atoms with E-state index >= 15 is 0 Å². The van der Waals surface area contributed by atoms with E-state index in [0.29, 0.717) is 16.9 Å². The van der Waals surface area contributed by atoms with Crippen LogP contribution in [0, 0.1) is 6.92 Å². The van der Waals surface area contributed by atoms with Gasteiger partial charge in [0.2, 0.25) is 5.82 Å². The number of pyridine rings is 1. The van der Waals surface area contributed by atoms with Crippen molar-refractivity contribution in [2.24, 2.45) is 0 Å². The molecule has 3 aromatic rings. The van der Waals surface area contributed by atoms with E-state index in [0.717, 1.165) is 44.3 Å². The highest BCUT2D eigenvalue weighted by Gasteiger charge is 2.25.